The van der Waals surface area contributed by atoms with Gasteiger partial charge in [0.1, 0.15) is 0 Å². The molecule has 0 bridgehead atoms. The number of nitrogens with one attached hydrogen (secondary N) is 1. The van der Waals surface area contributed by atoms with Crippen LogP contribution >= 0.6 is 11.6 Å². The minimum Gasteiger partial charge on any atom is -0.454 e. The highest BCUT2D eigenvalue weighted by molar-refractivity contribution is 6.30. The van der Waals surface area contributed by atoms with Crippen molar-refractivity contribution in [2.75, 3.05) is 38.3 Å². The predicted octanol–water partition coefficient (Wildman–Crippen LogP) is 3.98. The van der Waals surface area contributed by atoms with Gasteiger partial charge >= 0.3 is 6.03 Å². The number of halogens is 1. The number of anilines is 1. The van der Waals surface area contributed by atoms with Gasteiger partial charge in [0, 0.05) is 42.9 Å². The van der Waals surface area contributed by atoms with Gasteiger partial charge in [-0.1, -0.05) is 17.7 Å². The molecule has 1 saturated heterocycles. The summed E-state index contributed by atoms with van der Waals surface area (Å²) < 4.78 is 10.9. The van der Waals surface area contributed by atoms with Crippen molar-refractivity contribution in [1.82, 2.24) is 9.80 Å². The molecule has 0 radical (unpaired) electrons. The van der Waals surface area contributed by atoms with Crippen molar-refractivity contribution >= 4 is 23.3 Å². The summed E-state index contributed by atoms with van der Waals surface area (Å²) in [5.74, 6) is 1.61. The fraction of sp³-hybridized carbons (Fsp3) is 0.350. The van der Waals surface area contributed by atoms with Crippen molar-refractivity contribution in [1.29, 1.82) is 0 Å². The van der Waals surface area contributed by atoms with Gasteiger partial charge in [0.15, 0.2) is 11.5 Å². The van der Waals surface area contributed by atoms with Crippen LogP contribution in [-0.4, -0.2) is 48.8 Å². The van der Waals surface area contributed by atoms with E-state index in [9.17, 15) is 4.79 Å². The Morgan fingerprint density at radius 1 is 1.04 bits per heavy atom. The molecule has 1 N–H and O–H groups in total. The van der Waals surface area contributed by atoms with E-state index in [1.165, 1.54) is 5.56 Å². The minimum atomic E-state index is -0.0762. The van der Waals surface area contributed by atoms with Crippen molar-refractivity contribution < 1.29 is 14.3 Å². The molecule has 0 aliphatic carbocycles. The molecule has 0 saturated carbocycles. The van der Waals surface area contributed by atoms with Crippen molar-refractivity contribution in [3.63, 3.8) is 0 Å². The van der Waals surface area contributed by atoms with E-state index >= 15 is 0 Å². The Balaban J connectivity index is 1.33. The quantitative estimate of drug-likeness (QED) is 0.865. The molecule has 4 rings (SSSR count). The summed E-state index contributed by atoms with van der Waals surface area (Å²) in [6, 6.07) is 13.4. The van der Waals surface area contributed by atoms with Gasteiger partial charge in [0.25, 0.3) is 0 Å². The van der Waals surface area contributed by atoms with E-state index in [1.54, 1.807) is 24.3 Å². The average Bonchev–Trinajstić information content (AvgIpc) is 3.17. The first-order chi connectivity index (χ1) is 13.1. The first-order valence-electron chi connectivity index (χ1n) is 9.05. The number of carbonyl (C=O) groups is 1. The maximum absolute atomic E-state index is 12.5. The van der Waals surface area contributed by atoms with Crippen LogP contribution in [0.4, 0.5) is 10.5 Å². The monoisotopic (exact) mass is 387 g/mol. The van der Waals surface area contributed by atoms with E-state index in [-0.39, 0.29) is 18.9 Å². The Labute approximate surface area is 163 Å². The third kappa shape index (κ3) is 3.96. The zero-order valence-electron chi connectivity index (χ0n) is 15.2. The van der Waals surface area contributed by atoms with Crippen LogP contribution in [0.1, 0.15) is 18.5 Å². The van der Waals surface area contributed by atoms with Crippen molar-refractivity contribution in [3.05, 3.63) is 53.1 Å². The maximum atomic E-state index is 12.5. The van der Waals surface area contributed by atoms with Crippen LogP contribution < -0.4 is 14.8 Å². The molecule has 142 valence electrons. The average molecular weight is 388 g/mol. The summed E-state index contributed by atoms with van der Waals surface area (Å²) in [5.41, 5.74) is 1.94. The summed E-state index contributed by atoms with van der Waals surface area (Å²) in [7, 11) is 0. The smallest absolute Gasteiger partial charge is 0.321 e. The molecule has 1 fully saturated rings. The minimum absolute atomic E-state index is 0.0762. The summed E-state index contributed by atoms with van der Waals surface area (Å²) in [6.45, 7) is 5.49. The van der Waals surface area contributed by atoms with Gasteiger partial charge in [-0.05, 0) is 48.9 Å². The number of hydrogen-bond acceptors (Lipinski definition) is 4. The van der Waals surface area contributed by atoms with E-state index in [0.717, 1.165) is 30.3 Å². The Kier molecular flexibility index (Phi) is 5.09. The lowest BCUT2D eigenvalue weighted by Crippen LogP contribution is -2.50. The van der Waals surface area contributed by atoms with Gasteiger partial charge < -0.3 is 19.7 Å². The lowest BCUT2D eigenvalue weighted by atomic mass is 10.1. The second-order valence-electron chi connectivity index (χ2n) is 6.75. The van der Waals surface area contributed by atoms with E-state index in [2.05, 4.69) is 23.2 Å². The Morgan fingerprint density at radius 2 is 1.74 bits per heavy atom. The molecular formula is C20H22ClN3O3. The number of hydrogen-bond donors (Lipinski definition) is 1. The van der Waals surface area contributed by atoms with E-state index in [1.807, 2.05) is 17.0 Å². The van der Waals surface area contributed by atoms with Crippen LogP contribution in [0.2, 0.25) is 5.02 Å². The Bertz CT molecular complexity index is 820. The van der Waals surface area contributed by atoms with E-state index < -0.39 is 0 Å². The van der Waals surface area contributed by atoms with E-state index in [4.69, 9.17) is 21.1 Å². The number of piperazine rings is 1. The fourth-order valence-electron chi connectivity index (χ4n) is 3.43. The molecule has 2 aliphatic heterocycles. The molecule has 2 aromatic rings. The number of rotatable bonds is 3. The molecule has 2 heterocycles. The van der Waals surface area contributed by atoms with Crippen LogP contribution in [0, 0.1) is 0 Å². The first-order valence-corrected chi connectivity index (χ1v) is 9.43. The van der Waals surface area contributed by atoms with Gasteiger partial charge in [0.05, 0.1) is 0 Å². The zero-order valence-corrected chi connectivity index (χ0v) is 15.9. The molecule has 1 unspecified atom stereocenters. The zero-order chi connectivity index (χ0) is 18.8. The molecule has 6 nitrogen and oxygen atoms in total. The third-order valence-electron chi connectivity index (χ3n) is 5.12. The highest BCUT2D eigenvalue weighted by Gasteiger charge is 2.26. The highest BCUT2D eigenvalue weighted by Crippen LogP contribution is 2.35. The standard InChI is InChI=1S/C20H22ClN3O3/c1-14(15-2-7-18-19(12-15)27-13-26-18)23-8-10-24(11-9-23)20(25)22-17-5-3-16(21)4-6-17/h2-7,12,14H,8-11,13H2,1H3,(H,22,25). The van der Waals surface area contributed by atoms with Crippen LogP contribution in [0.3, 0.4) is 0 Å². The summed E-state index contributed by atoms with van der Waals surface area (Å²) in [5, 5.41) is 3.57. The highest BCUT2D eigenvalue weighted by atomic mass is 35.5. The van der Waals surface area contributed by atoms with Crippen LogP contribution in [-0.2, 0) is 0 Å². The van der Waals surface area contributed by atoms with Gasteiger partial charge in [0.2, 0.25) is 6.79 Å². The van der Waals surface area contributed by atoms with Crippen molar-refractivity contribution in [3.8, 4) is 11.5 Å². The fourth-order valence-corrected chi connectivity index (χ4v) is 3.56. The molecular weight excluding hydrogens is 366 g/mol. The number of ether oxygens (including phenoxy) is 2. The topological polar surface area (TPSA) is 54.0 Å². The SMILES string of the molecule is CC(c1ccc2c(c1)OCO2)N1CCN(C(=O)Nc2ccc(Cl)cc2)CC1. The van der Waals surface area contributed by atoms with Gasteiger partial charge in [-0.15, -0.1) is 0 Å². The summed E-state index contributed by atoms with van der Waals surface area (Å²) in [6.07, 6.45) is 0. The molecule has 1 atom stereocenters. The van der Waals surface area contributed by atoms with Crippen LogP contribution in [0.25, 0.3) is 0 Å². The Morgan fingerprint density at radius 3 is 2.48 bits per heavy atom. The van der Waals surface area contributed by atoms with Gasteiger partial charge in [-0.2, -0.15) is 0 Å². The second kappa shape index (κ2) is 7.66. The first kappa shape index (κ1) is 17.9. The largest absolute Gasteiger partial charge is 0.454 e. The second-order valence-corrected chi connectivity index (χ2v) is 7.19. The van der Waals surface area contributed by atoms with Gasteiger partial charge in [-0.25, -0.2) is 4.79 Å². The number of carbonyl (C=O) groups excluding carboxylic acids is 1. The summed E-state index contributed by atoms with van der Waals surface area (Å²) in [4.78, 5) is 16.7. The normalized spacial score (nSPS) is 17.6. The molecule has 2 aliphatic rings. The number of benzene rings is 2. The molecule has 27 heavy (non-hydrogen) atoms. The molecule has 2 amide bonds. The van der Waals surface area contributed by atoms with Crippen LogP contribution in [0.15, 0.2) is 42.5 Å². The summed E-state index contributed by atoms with van der Waals surface area (Å²) >= 11 is 5.88. The third-order valence-corrected chi connectivity index (χ3v) is 5.38. The molecule has 0 aromatic heterocycles. The number of fused-ring (bicyclic) bond motifs is 1. The lowest BCUT2D eigenvalue weighted by molar-refractivity contribution is 0.119. The Hall–Kier alpha value is -2.44. The molecule has 2 aromatic carbocycles. The predicted molar refractivity (Wildman–Crippen MR) is 105 cm³/mol. The number of amides is 2. The molecule has 0 spiro atoms. The van der Waals surface area contributed by atoms with Crippen molar-refractivity contribution in [2.45, 2.75) is 13.0 Å². The molecule has 7 heteroatoms. The van der Waals surface area contributed by atoms with E-state index in [0.29, 0.717) is 18.1 Å². The number of urea groups is 1. The van der Waals surface area contributed by atoms with Crippen molar-refractivity contribution in [2.24, 2.45) is 0 Å². The van der Waals surface area contributed by atoms with Crippen LogP contribution in [0.5, 0.6) is 11.5 Å². The van der Waals surface area contributed by atoms with Gasteiger partial charge in [-0.3, -0.25) is 4.90 Å². The lowest BCUT2D eigenvalue weighted by Gasteiger charge is -2.38. The maximum Gasteiger partial charge on any atom is 0.321 e. The number of nitrogens with zero attached hydrogens (tertiary/aromatic N) is 2.